The quantitative estimate of drug-likeness (QED) is 0.878. The predicted octanol–water partition coefficient (Wildman–Crippen LogP) is 2.41. The number of para-hydroxylation sites is 1. The Morgan fingerprint density at radius 3 is 2.71 bits per heavy atom. The van der Waals surface area contributed by atoms with Crippen molar-refractivity contribution < 1.29 is 14.6 Å². The van der Waals surface area contributed by atoms with Gasteiger partial charge in [-0.15, -0.1) is 0 Å². The van der Waals surface area contributed by atoms with E-state index < -0.39 is 0 Å². The van der Waals surface area contributed by atoms with E-state index in [-0.39, 0.29) is 12.7 Å². The fraction of sp³-hybridized carbons (Fsp3) is 0.222. The van der Waals surface area contributed by atoms with Gasteiger partial charge in [-0.2, -0.15) is 0 Å². The molecule has 1 aliphatic rings. The summed E-state index contributed by atoms with van der Waals surface area (Å²) >= 11 is 0. The predicted molar refractivity (Wildman–Crippen MR) is 80.5 cm³/mol. The third-order valence-corrected chi connectivity index (χ3v) is 3.32. The van der Waals surface area contributed by atoms with Gasteiger partial charge in [-0.3, -0.25) is 0 Å². The van der Waals surface area contributed by atoms with Crippen molar-refractivity contribution in [1.29, 1.82) is 0 Å². The standard InChI is InChI=1S/C18H16O3/c19-11-3-4-14-7-9-16(10-8-14)20-13-17-12-15-5-1-2-6-18(15)21-17/h1-2,5-10,17,19H,11-13H2. The molecule has 0 saturated heterocycles. The van der Waals surface area contributed by atoms with E-state index in [4.69, 9.17) is 14.6 Å². The van der Waals surface area contributed by atoms with Crippen LogP contribution in [0.5, 0.6) is 11.5 Å². The minimum Gasteiger partial charge on any atom is -0.490 e. The number of aliphatic hydroxyl groups excluding tert-OH is 1. The van der Waals surface area contributed by atoms with E-state index in [1.807, 2.05) is 42.5 Å². The lowest BCUT2D eigenvalue weighted by atomic mass is 10.1. The zero-order valence-electron chi connectivity index (χ0n) is 11.6. The molecule has 0 aromatic heterocycles. The third-order valence-electron chi connectivity index (χ3n) is 3.32. The maximum Gasteiger partial charge on any atom is 0.137 e. The highest BCUT2D eigenvalue weighted by Crippen LogP contribution is 2.28. The molecule has 1 unspecified atom stereocenters. The summed E-state index contributed by atoms with van der Waals surface area (Å²) < 4.78 is 11.6. The highest BCUT2D eigenvalue weighted by Gasteiger charge is 2.22. The van der Waals surface area contributed by atoms with Gasteiger partial charge < -0.3 is 14.6 Å². The van der Waals surface area contributed by atoms with E-state index in [9.17, 15) is 0 Å². The van der Waals surface area contributed by atoms with Crippen LogP contribution in [0.2, 0.25) is 0 Å². The molecular formula is C18H16O3. The van der Waals surface area contributed by atoms with E-state index in [1.165, 1.54) is 5.56 Å². The summed E-state index contributed by atoms with van der Waals surface area (Å²) in [6.07, 6.45) is 0.951. The van der Waals surface area contributed by atoms with Crippen LogP contribution in [0.25, 0.3) is 0 Å². The first kappa shape index (κ1) is 13.5. The van der Waals surface area contributed by atoms with Crippen LogP contribution in [0.1, 0.15) is 11.1 Å². The summed E-state index contributed by atoms with van der Waals surface area (Å²) in [6.45, 7) is 0.397. The number of ether oxygens (including phenoxy) is 2. The third kappa shape index (κ3) is 3.36. The van der Waals surface area contributed by atoms with Gasteiger partial charge in [-0.1, -0.05) is 30.0 Å². The largest absolute Gasteiger partial charge is 0.490 e. The summed E-state index contributed by atoms with van der Waals surface area (Å²) in [5, 5.41) is 8.65. The number of hydrogen-bond acceptors (Lipinski definition) is 3. The monoisotopic (exact) mass is 280 g/mol. The maximum absolute atomic E-state index is 8.65. The van der Waals surface area contributed by atoms with Crippen molar-refractivity contribution in [3.8, 4) is 23.3 Å². The Morgan fingerprint density at radius 2 is 1.95 bits per heavy atom. The Labute approximate surface area is 124 Å². The highest BCUT2D eigenvalue weighted by atomic mass is 16.5. The van der Waals surface area contributed by atoms with Crippen LogP contribution in [0.3, 0.4) is 0 Å². The Bertz CT molecular complexity index is 640. The van der Waals surface area contributed by atoms with Crippen molar-refractivity contribution in [2.24, 2.45) is 0 Å². The van der Waals surface area contributed by atoms with Crippen LogP contribution in [0.4, 0.5) is 0 Å². The second-order valence-electron chi connectivity index (χ2n) is 4.85. The molecule has 1 aliphatic heterocycles. The van der Waals surface area contributed by atoms with Gasteiger partial charge in [0.15, 0.2) is 0 Å². The van der Waals surface area contributed by atoms with Crippen LogP contribution in [0.15, 0.2) is 48.5 Å². The van der Waals surface area contributed by atoms with E-state index in [0.29, 0.717) is 6.61 Å². The zero-order chi connectivity index (χ0) is 14.5. The van der Waals surface area contributed by atoms with Crippen LogP contribution < -0.4 is 9.47 Å². The fourth-order valence-electron chi connectivity index (χ4n) is 2.31. The first-order valence-corrected chi connectivity index (χ1v) is 6.92. The van der Waals surface area contributed by atoms with E-state index >= 15 is 0 Å². The van der Waals surface area contributed by atoms with Crippen LogP contribution in [0, 0.1) is 11.8 Å². The number of fused-ring (bicyclic) bond motifs is 1. The van der Waals surface area contributed by atoms with Gasteiger partial charge in [-0.25, -0.2) is 0 Å². The number of rotatable bonds is 3. The van der Waals surface area contributed by atoms with Crippen molar-refractivity contribution in [3.63, 3.8) is 0 Å². The fourth-order valence-corrected chi connectivity index (χ4v) is 2.31. The molecule has 21 heavy (non-hydrogen) atoms. The van der Waals surface area contributed by atoms with E-state index in [0.717, 1.165) is 23.5 Å². The molecule has 0 aliphatic carbocycles. The van der Waals surface area contributed by atoms with Gasteiger partial charge in [0.2, 0.25) is 0 Å². The Balaban J connectivity index is 1.54. The lowest BCUT2D eigenvalue weighted by molar-refractivity contribution is 0.148. The number of benzene rings is 2. The molecular weight excluding hydrogens is 264 g/mol. The number of aliphatic hydroxyl groups is 1. The normalized spacial score (nSPS) is 15.6. The zero-order valence-corrected chi connectivity index (χ0v) is 11.6. The summed E-state index contributed by atoms with van der Waals surface area (Å²) in [7, 11) is 0. The molecule has 0 spiro atoms. The summed E-state index contributed by atoms with van der Waals surface area (Å²) in [6, 6.07) is 15.6. The van der Waals surface area contributed by atoms with Crippen molar-refractivity contribution in [3.05, 3.63) is 59.7 Å². The molecule has 2 aromatic rings. The first-order chi connectivity index (χ1) is 10.3. The highest BCUT2D eigenvalue weighted by molar-refractivity contribution is 5.39. The number of hydrogen-bond donors (Lipinski definition) is 1. The second kappa shape index (κ2) is 6.34. The van der Waals surface area contributed by atoms with Crippen LogP contribution in [-0.4, -0.2) is 24.4 Å². The molecule has 3 nitrogen and oxygen atoms in total. The molecule has 1 atom stereocenters. The smallest absolute Gasteiger partial charge is 0.137 e. The van der Waals surface area contributed by atoms with Crippen molar-refractivity contribution in [2.45, 2.75) is 12.5 Å². The lowest BCUT2D eigenvalue weighted by Gasteiger charge is -2.12. The molecule has 3 heteroatoms. The summed E-state index contributed by atoms with van der Waals surface area (Å²) in [4.78, 5) is 0. The summed E-state index contributed by atoms with van der Waals surface area (Å²) in [5.41, 5.74) is 2.10. The van der Waals surface area contributed by atoms with E-state index in [2.05, 4.69) is 17.9 Å². The van der Waals surface area contributed by atoms with E-state index in [1.54, 1.807) is 0 Å². The van der Waals surface area contributed by atoms with Gasteiger partial charge in [0.25, 0.3) is 0 Å². The molecule has 1 N–H and O–H groups in total. The SMILES string of the molecule is OCC#Cc1ccc(OCC2Cc3ccccc3O2)cc1. The Kier molecular flexibility index (Phi) is 4.09. The van der Waals surface area contributed by atoms with Gasteiger partial charge in [0.05, 0.1) is 0 Å². The topological polar surface area (TPSA) is 38.7 Å². The molecule has 1 heterocycles. The maximum atomic E-state index is 8.65. The Hall–Kier alpha value is -2.44. The molecule has 0 saturated carbocycles. The molecule has 0 bridgehead atoms. The first-order valence-electron chi connectivity index (χ1n) is 6.92. The van der Waals surface area contributed by atoms with Crippen LogP contribution >= 0.6 is 0 Å². The van der Waals surface area contributed by atoms with Crippen molar-refractivity contribution in [1.82, 2.24) is 0 Å². The average Bonchev–Trinajstić information content (AvgIpc) is 2.95. The molecule has 3 rings (SSSR count). The van der Waals surface area contributed by atoms with Crippen molar-refractivity contribution >= 4 is 0 Å². The molecule has 0 radical (unpaired) electrons. The molecule has 0 fully saturated rings. The minimum absolute atomic E-state index is 0.0660. The van der Waals surface area contributed by atoms with Gasteiger partial charge >= 0.3 is 0 Å². The van der Waals surface area contributed by atoms with Gasteiger partial charge in [-0.05, 0) is 35.9 Å². The molecule has 0 amide bonds. The van der Waals surface area contributed by atoms with Gasteiger partial charge in [0, 0.05) is 12.0 Å². The average molecular weight is 280 g/mol. The van der Waals surface area contributed by atoms with Gasteiger partial charge in [0.1, 0.15) is 30.8 Å². The second-order valence-corrected chi connectivity index (χ2v) is 4.85. The Morgan fingerprint density at radius 1 is 1.14 bits per heavy atom. The molecule has 2 aromatic carbocycles. The minimum atomic E-state index is -0.127. The molecule has 106 valence electrons. The van der Waals surface area contributed by atoms with Crippen molar-refractivity contribution in [2.75, 3.05) is 13.2 Å². The summed E-state index contributed by atoms with van der Waals surface area (Å²) in [5.74, 6) is 7.22. The van der Waals surface area contributed by atoms with Crippen LogP contribution in [-0.2, 0) is 6.42 Å². The lowest BCUT2D eigenvalue weighted by Crippen LogP contribution is -2.22.